The van der Waals surface area contributed by atoms with Gasteiger partial charge in [-0.05, 0) is 23.8 Å². The summed E-state index contributed by atoms with van der Waals surface area (Å²) in [6, 6.07) is 15.7. The maximum Gasteiger partial charge on any atom is 0.203 e. The van der Waals surface area contributed by atoms with Gasteiger partial charge in [-0.3, -0.25) is 0 Å². The van der Waals surface area contributed by atoms with Gasteiger partial charge in [0.2, 0.25) is 5.75 Å². The zero-order valence-electron chi connectivity index (χ0n) is 15.2. The zero-order chi connectivity index (χ0) is 19.2. The summed E-state index contributed by atoms with van der Waals surface area (Å²) in [4.78, 5) is 4.61. The first-order valence-electron chi connectivity index (χ1n) is 8.13. The van der Waals surface area contributed by atoms with Crippen molar-refractivity contribution in [1.82, 2.24) is 4.98 Å². The first-order chi connectivity index (χ1) is 13.2. The Morgan fingerprint density at radius 2 is 1.70 bits per heavy atom. The number of aromatic nitrogens is 1. The quantitative estimate of drug-likeness (QED) is 0.571. The molecule has 0 aliphatic carbocycles. The number of benzene rings is 2. The largest absolute Gasteiger partial charge is 0.493 e. The molecule has 0 saturated heterocycles. The second-order valence-electron chi connectivity index (χ2n) is 5.53. The van der Waals surface area contributed by atoms with Crippen LogP contribution in [0, 0.1) is 11.3 Å². The van der Waals surface area contributed by atoms with Gasteiger partial charge >= 0.3 is 0 Å². The highest BCUT2D eigenvalue weighted by atomic mass is 32.1. The molecule has 0 bridgehead atoms. The summed E-state index contributed by atoms with van der Waals surface area (Å²) in [5.74, 6) is 1.57. The second kappa shape index (κ2) is 8.39. The summed E-state index contributed by atoms with van der Waals surface area (Å²) in [5, 5.41) is 12.2. The lowest BCUT2D eigenvalue weighted by Gasteiger charge is -2.13. The summed E-state index contributed by atoms with van der Waals surface area (Å²) in [6.45, 7) is 0. The fourth-order valence-electron chi connectivity index (χ4n) is 2.63. The number of nitrogens with zero attached hydrogens (tertiary/aromatic N) is 2. The van der Waals surface area contributed by atoms with Crippen LogP contribution in [0.1, 0.15) is 10.6 Å². The number of rotatable bonds is 6. The molecule has 1 heterocycles. The molecule has 2 aromatic carbocycles. The minimum Gasteiger partial charge on any atom is -0.493 e. The van der Waals surface area contributed by atoms with Crippen LogP contribution in [0.15, 0.2) is 47.8 Å². The van der Waals surface area contributed by atoms with Crippen LogP contribution in [0.4, 0.5) is 0 Å². The number of thiazole rings is 1. The van der Waals surface area contributed by atoms with Gasteiger partial charge in [-0.2, -0.15) is 5.26 Å². The summed E-state index contributed by atoms with van der Waals surface area (Å²) in [6.07, 6.45) is 1.76. The lowest BCUT2D eigenvalue weighted by molar-refractivity contribution is 0.324. The topological polar surface area (TPSA) is 64.4 Å². The van der Waals surface area contributed by atoms with Crippen LogP contribution in [0.5, 0.6) is 17.2 Å². The van der Waals surface area contributed by atoms with E-state index in [2.05, 4.69) is 11.1 Å². The van der Waals surface area contributed by atoms with Crippen LogP contribution in [0.3, 0.4) is 0 Å². The Bertz CT molecular complexity index is 979. The number of allylic oxidation sites excluding steroid dienone is 1. The molecule has 5 nitrogen and oxygen atoms in total. The van der Waals surface area contributed by atoms with Crippen molar-refractivity contribution < 1.29 is 14.2 Å². The van der Waals surface area contributed by atoms with Crippen LogP contribution in [0.2, 0.25) is 0 Å². The van der Waals surface area contributed by atoms with Crippen LogP contribution in [0.25, 0.3) is 22.9 Å². The minimum atomic E-state index is 0.469. The molecule has 0 atom stereocenters. The molecule has 0 unspecified atom stereocenters. The van der Waals surface area contributed by atoms with E-state index in [4.69, 9.17) is 14.2 Å². The van der Waals surface area contributed by atoms with Gasteiger partial charge in [0, 0.05) is 10.9 Å². The van der Waals surface area contributed by atoms with E-state index in [1.54, 1.807) is 39.5 Å². The molecule has 0 aliphatic heterocycles. The molecule has 27 heavy (non-hydrogen) atoms. The van der Waals surface area contributed by atoms with Crippen LogP contribution >= 0.6 is 11.3 Å². The molecule has 0 N–H and O–H groups in total. The van der Waals surface area contributed by atoms with Crippen molar-refractivity contribution in [3.05, 3.63) is 58.4 Å². The number of hydrogen-bond donors (Lipinski definition) is 0. The first kappa shape index (κ1) is 18.5. The van der Waals surface area contributed by atoms with E-state index in [0.717, 1.165) is 16.8 Å². The fourth-order valence-corrected chi connectivity index (χ4v) is 3.43. The van der Waals surface area contributed by atoms with Gasteiger partial charge in [0.25, 0.3) is 0 Å². The molecule has 0 radical (unpaired) electrons. The molecule has 6 heteroatoms. The Morgan fingerprint density at radius 1 is 1.04 bits per heavy atom. The fraction of sp³-hybridized carbons (Fsp3) is 0.143. The third-order valence-corrected chi connectivity index (χ3v) is 4.80. The van der Waals surface area contributed by atoms with Crippen molar-refractivity contribution in [3.63, 3.8) is 0 Å². The lowest BCUT2D eigenvalue weighted by Crippen LogP contribution is -1.95. The summed E-state index contributed by atoms with van der Waals surface area (Å²) in [7, 11) is 4.67. The molecular weight excluding hydrogens is 360 g/mol. The third kappa shape index (κ3) is 3.94. The van der Waals surface area contributed by atoms with Crippen LogP contribution < -0.4 is 14.2 Å². The number of hydrogen-bond acceptors (Lipinski definition) is 6. The van der Waals surface area contributed by atoms with Crippen LogP contribution in [-0.2, 0) is 0 Å². The Hall–Kier alpha value is -3.30. The van der Waals surface area contributed by atoms with Crippen molar-refractivity contribution in [2.75, 3.05) is 21.3 Å². The van der Waals surface area contributed by atoms with Crippen molar-refractivity contribution >= 4 is 23.0 Å². The van der Waals surface area contributed by atoms with Crippen LogP contribution in [-0.4, -0.2) is 26.3 Å². The van der Waals surface area contributed by atoms with Gasteiger partial charge in [0.1, 0.15) is 11.1 Å². The molecule has 136 valence electrons. The number of nitriles is 1. The third-order valence-electron chi connectivity index (χ3n) is 3.92. The number of ether oxygens (including phenoxy) is 3. The van der Waals surface area contributed by atoms with Gasteiger partial charge < -0.3 is 14.2 Å². The molecular formula is C21H18N2O3S. The average molecular weight is 378 g/mol. The molecule has 3 aromatic rings. The van der Waals surface area contributed by atoms with Crippen molar-refractivity contribution in [3.8, 4) is 34.6 Å². The first-order valence-corrected chi connectivity index (χ1v) is 9.01. The Labute approximate surface area is 162 Å². The molecule has 0 saturated carbocycles. The highest BCUT2D eigenvalue weighted by Crippen LogP contribution is 2.39. The molecule has 0 aliphatic rings. The molecule has 1 aromatic heterocycles. The monoisotopic (exact) mass is 378 g/mol. The Balaban J connectivity index is 2.00. The van der Waals surface area contributed by atoms with Gasteiger partial charge in [0.15, 0.2) is 11.5 Å². The number of methoxy groups -OCH3 is 3. The maximum absolute atomic E-state index is 9.64. The van der Waals surface area contributed by atoms with Gasteiger partial charge in [-0.15, -0.1) is 11.3 Å². The SMILES string of the molecule is COc1cc(/C=C(/C#N)c2nc(-c3ccccc3)cs2)cc(OC)c1OC. The summed E-state index contributed by atoms with van der Waals surface area (Å²) in [5.41, 5.74) is 3.10. The predicted molar refractivity (Wildman–Crippen MR) is 107 cm³/mol. The normalized spacial score (nSPS) is 11.0. The Kier molecular flexibility index (Phi) is 5.74. The molecule has 3 rings (SSSR count). The van der Waals surface area contributed by atoms with E-state index in [1.807, 2.05) is 35.7 Å². The molecule has 0 fully saturated rings. The van der Waals surface area contributed by atoms with Gasteiger partial charge in [0.05, 0.1) is 32.6 Å². The predicted octanol–water partition coefficient (Wildman–Crippen LogP) is 4.90. The zero-order valence-corrected chi connectivity index (χ0v) is 16.0. The van der Waals surface area contributed by atoms with Crippen molar-refractivity contribution in [2.24, 2.45) is 0 Å². The van der Waals surface area contributed by atoms with E-state index in [-0.39, 0.29) is 0 Å². The van der Waals surface area contributed by atoms with E-state index in [1.165, 1.54) is 11.3 Å². The van der Waals surface area contributed by atoms with E-state index < -0.39 is 0 Å². The minimum absolute atomic E-state index is 0.469. The molecule has 0 amide bonds. The van der Waals surface area contributed by atoms with E-state index in [0.29, 0.717) is 27.8 Å². The van der Waals surface area contributed by atoms with Crippen molar-refractivity contribution in [1.29, 1.82) is 5.26 Å². The highest BCUT2D eigenvalue weighted by molar-refractivity contribution is 7.11. The smallest absolute Gasteiger partial charge is 0.203 e. The lowest BCUT2D eigenvalue weighted by atomic mass is 10.1. The highest BCUT2D eigenvalue weighted by Gasteiger charge is 2.14. The second-order valence-corrected chi connectivity index (χ2v) is 6.39. The maximum atomic E-state index is 9.64. The van der Waals surface area contributed by atoms with E-state index >= 15 is 0 Å². The summed E-state index contributed by atoms with van der Waals surface area (Å²) < 4.78 is 16.1. The Morgan fingerprint density at radius 3 is 2.26 bits per heavy atom. The standard InChI is InChI=1S/C21H18N2O3S/c1-24-18-10-14(11-19(25-2)20(18)26-3)9-16(12-22)21-23-17(13-27-21)15-7-5-4-6-8-15/h4-11,13H,1-3H3/b16-9-. The van der Waals surface area contributed by atoms with Crippen molar-refractivity contribution in [2.45, 2.75) is 0 Å². The van der Waals surface area contributed by atoms with Gasteiger partial charge in [-0.1, -0.05) is 30.3 Å². The summed E-state index contributed by atoms with van der Waals surface area (Å²) >= 11 is 1.43. The van der Waals surface area contributed by atoms with E-state index in [9.17, 15) is 5.26 Å². The molecule has 0 spiro atoms. The van der Waals surface area contributed by atoms with Gasteiger partial charge in [-0.25, -0.2) is 4.98 Å². The average Bonchev–Trinajstić information content (AvgIpc) is 3.21.